The van der Waals surface area contributed by atoms with Gasteiger partial charge in [0.15, 0.2) is 0 Å². The van der Waals surface area contributed by atoms with Crippen LogP contribution in [0.25, 0.3) is 0 Å². The molecule has 0 aliphatic heterocycles. The summed E-state index contributed by atoms with van der Waals surface area (Å²) in [5, 5.41) is 10.4. The smallest absolute Gasteiger partial charge is 0.118 e. The third kappa shape index (κ3) is 2.17. The Kier molecular flexibility index (Phi) is 3.38. The molecule has 5 atom stereocenters. The molecule has 1 nitrogen and oxygen atoms in total. The van der Waals surface area contributed by atoms with E-state index in [1.165, 1.54) is 6.42 Å². The number of hydrogen-bond donors (Lipinski definition) is 1. The third-order valence-corrected chi connectivity index (χ3v) is 5.96. The third-order valence-electron chi connectivity index (χ3n) is 5.96. The van der Waals surface area contributed by atoms with E-state index >= 15 is 0 Å². The molecule has 0 saturated heterocycles. The molecule has 3 saturated carbocycles. The average molecular weight is 268 g/mol. The molecule has 20 heavy (non-hydrogen) atoms. The van der Waals surface area contributed by atoms with Crippen molar-refractivity contribution in [2.24, 2.45) is 29.1 Å². The lowest BCUT2D eigenvalue weighted by Crippen LogP contribution is -2.56. The molecule has 0 aromatic heterocycles. The summed E-state index contributed by atoms with van der Waals surface area (Å²) >= 11 is 0. The maximum absolute atomic E-state index is 10.4. The molecule has 106 valence electrons. The predicted octanol–water partition coefficient (Wildman–Crippen LogP) is 3.72. The van der Waals surface area contributed by atoms with E-state index < -0.39 is 6.10 Å². The fourth-order valence-corrected chi connectivity index (χ4v) is 4.39. The molecule has 3 aliphatic rings. The molecule has 1 aromatic carbocycles. The van der Waals surface area contributed by atoms with E-state index in [1.807, 2.05) is 30.3 Å². The van der Waals surface area contributed by atoms with Gasteiger partial charge in [-0.25, -0.2) is 0 Å². The van der Waals surface area contributed by atoms with Gasteiger partial charge in [-0.3, -0.25) is 0 Å². The highest BCUT2D eigenvalue weighted by Gasteiger charge is 2.57. The van der Waals surface area contributed by atoms with Crippen LogP contribution in [0.3, 0.4) is 0 Å². The maximum atomic E-state index is 10.4. The number of hydrogen-bond acceptors (Lipinski definition) is 1. The molecule has 1 aromatic rings. The summed E-state index contributed by atoms with van der Waals surface area (Å²) in [6, 6.07) is 9.93. The minimum absolute atomic E-state index is 0.350. The van der Waals surface area contributed by atoms with Crippen LogP contribution >= 0.6 is 0 Å². The maximum Gasteiger partial charge on any atom is 0.118 e. The average Bonchev–Trinajstić information content (AvgIpc) is 2.45. The Morgan fingerprint density at radius 1 is 1.20 bits per heavy atom. The van der Waals surface area contributed by atoms with Crippen molar-refractivity contribution in [3.05, 3.63) is 35.9 Å². The van der Waals surface area contributed by atoms with Gasteiger partial charge in [-0.05, 0) is 54.1 Å². The van der Waals surface area contributed by atoms with Gasteiger partial charge in [-0.2, -0.15) is 0 Å². The van der Waals surface area contributed by atoms with Crippen LogP contribution in [0, 0.1) is 40.9 Å². The lowest BCUT2D eigenvalue weighted by atomic mass is 9.43. The van der Waals surface area contributed by atoms with Gasteiger partial charge in [0.2, 0.25) is 0 Å². The van der Waals surface area contributed by atoms with Crippen molar-refractivity contribution in [1.82, 2.24) is 0 Å². The molecule has 0 heterocycles. The monoisotopic (exact) mass is 268 g/mol. The van der Waals surface area contributed by atoms with Crippen LogP contribution < -0.4 is 0 Å². The van der Waals surface area contributed by atoms with Gasteiger partial charge < -0.3 is 5.11 Å². The van der Waals surface area contributed by atoms with Crippen molar-refractivity contribution in [2.75, 3.05) is 0 Å². The van der Waals surface area contributed by atoms with Crippen molar-refractivity contribution in [3.8, 4) is 11.8 Å². The van der Waals surface area contributed by atoms with E-state index in [1.54, 1.807) is 0 Å². The highest BCUT2D eigenvalue weighted by atomic mass is 16.3. The molecule has 0 amide bonds. The summed E-state index contributed by atoms with van der Waals surface area (Å²) in [6.45, 7) is 7.08. The SMILES string of the molecule is CC1C(C(O)C#Cc2ccccc2)CC2CC1C2(C)C. The zero-order chi connectivity index (χ0) is 14.3. The Bertz CT molecular complexity index is 534. The van der Waals surface area contributed by atoms with Crippen molar-refractivity contribution in [3.63, 3.8) is 0 Å². The number of rotatable bonds is 1. The van der Waals surface area contributed by atoms with E-state index in [4.69, 9.17) is 0 Å². The molecule has 0 spiro atoms. The Labute approximate surface area is 122 Å². The van der Waals surface area contributed by atoms with Crippen molar-refractivity contribution in [2.45, 2.75) is 39.7 Å². The topological polar surface area (TPSA) is 20.2 Å². The van der Waals surface area contributed by atoms with E-state index in [0.29, 0.717) is 17.3 Å². The van der Waals surface area contributed by atoms with Crippen LogP contribution in [0.4, 0.5) is 0 Å². The fraction of sp³-hybridized carbons (Fsp3) is 0.579. The van der Waals surface area contributed by atoms with Crippen molar-refractivity contribution < 1.29 is 5.11 Å². The molecular weight excluding hydrogens is 244 g/mol. The predicted molar refractivity (Wildman–Crippen MR) is 82.0 cm³/mol. The van der Waals surface area contributed by atoms with Gasteiger partial charge >= 0.3 is 0 Å². The number of benzene rings is 1. The summed E-state index contributed by atoms with van der Waals surface area (Å²) in [6.07, 6.45) is 2.00. The first-order chi connectivity index (χ1) is 9.50. The van der Waals surface area contributed by atoms with Gasteiger partial charge in [0.1, 0.15) is 6.10 Å². The van der Waals surface area contributed by atoms with Gasteiger partial charge in [-0.15, -0.1) is 0 Å². The Morgan fingerprint density at radius 2 is 1.90 bits per heavy atom. The number of fused-ring (bicyclic) bond motifs is 2. The lowest BCUT2D eigenvalue weighted by Gasteiger charge is -2.62. The minimum atomic E-state index is -0.480. The normalized spacial score (nSPS) is 35.4. The quantitative estimate of drug-likeness (QED) is 0.770. The summed E-state index contributed by atoms with van der Waals surface area (Å²) in [7, 11) is 0. The number of aliphatic hydroxyl groups is 1. The van der Waals surface area contributed by atoms with Gasteiger partial charge in [-0.1, -0.05) is 50.8 Å². The Morgan fingerprint density at radius 3 is 2.50 bits per heavy atom. The van der Waals surface area contributed by atoms with Crippen LogP contribution in [-0.4, -0.2) is 11.2 Å². The van der Waals surface area contributed by atoms with E-state index in [0.717, 1.165) is 23.8 Å². The van der Waals surface area contributed by atoms with E-state index in [-0.39, 0.29) is 0 Å². The first kappa shape index (κ1) is 13.7. The first-order valence-corrected chi connectivity index (χ1v) is 7.75. The standard InChI is InChI=1S/C19H24O/c1-13-16(11-15-12-17(13)19(15,2)3)18(20)10-9-14-7-5-4-6-8-14/h4-8,13,15-18,20H,11-12H2,1-3H3. The second-order valence-electron chi connectivity index (χ2n) is 7.20. The molecule has 3 fully saturated rings. The fourth-order valence-electron chi connectivity index (χ4n) is 4.39. The second kappa shape index (κ2) is 4.93. The van der Waals surface area contributed by atoms with Gasteiger partial charge in [0, 0.05) is 5.56 Å². The van der Waals surface area contributed by atoms with Crippen molar-refractivity contribution in [1.29, 1.82) is 0 Å². The molecule has 3 aliphatic carbocycles. The highest BCUT2D eigenvalue weighted by molar-refractivity contribution is 5.34. The van der Waals surface area contributed by atoms with Crippen LogP contribution in [0.2, 0.25) is 0 Å². The molecular formula is C19H24O. The summed E-state index contributed by atoms with van der Waals surface area (Å²) in [5.74, 6) is 8.66. The summed E-state index contributed by atoms with van der Waals surface area (Å²) in [4.78, 5) is 0. The van der Waals surface area contributed by atoms with Crippen molar-refractivity contribution >= 4 is 0 Å². The number of aliphatic hydroxyl groups excluding tert-OH is 1. The van der Waals surface area contributed by atoms with Gasteiger partial charge in [0.05, 0.1) is 0 Å². The molecule has 5 unspecified atom stereocenters. The van der Waals surface area contributed by atoms with Crippen LogP contribution in [0.15, 0.2) is 30.3 Å². The second-order valence-corrected chi connectivity index (χ2v) is 7.20. The van der Waals surface area contributed by atoms with Crippen LogP contribution in [-0.2, 0) is 0 Å². The largest absolute Gasteiger partial charge is 0.380 e. The van der Waals surface area contributed by atoms with Crippen LogP contribution in [0.5, 0.6) is 0 Å². The summed E-state index contributed by atoms with van der Waals surface area (Å²) < 4.78 is 0. The first-order valence-electron chi connectivity index (χ1n) is 7.75. The lowest BCUT2D eigenvalue weighted by molar-refractivity contribution is -0.144. The summed E-state index contributed by atoms with van der Waals surface area (Å²) in [5.41, 5.74) is 1.46. The minimum Gasteiger partial charge on any atom is -0.380 e. The molecule has 4 rings (SSSR count). The highest BCUT2D eigenvalue weighted by Crippen LogP contribution is 2.63. The zero-order valence-corrected chi connectivity index (χ0v) is 12.6. The Hall–Kier alpha value is -1.26. The molecule has 2 bridgehead atoms. The zero-order valence-electron chi connectivity index (χ0n) is 12.6. The van der Waals surface area contributed by atoms with Gasteiger partial charge in [0.25, 0.3) is 0 Å². The Balaban J connectivity index is 1.71. The van der Waals surface area contributed by atoms with E-state index in [9.17, 15) is 5.11 Å². The van der Waals surface area contributed by atoms with Crippen LogP contribution in [0.1, 0.15) is 39.2 Å². The molecule has 1 N–H and O–H groups in total. The van der Waals surface area contributed by atoms with E-state index in [2.05, 4.69) is 32.6 Å². The molecule has 0 radical (unpaired) electrons. The molecule has 1 heteroatoms.